The van der Waals surface area contributed by atoms with E-state index in [9.17, 15) is 14.3 Å². The minimum atomic E-state index is -1.37. The number of aromatic hydroxyl groups is 1. The molecule has 14 heavy (non-hydrogen) atoms. The molecule has 0 amide bonds. The van der Waals surface area contributed by atoms with Crippen molar-refractivity contribution in [2.24, 2.45) is 5.73 Å². The lowest BCUT2D eigenvalue weighted by Crippen LogP contribution is -2.20. The molecule has 1 rings (SSSR count). The van der Waals surface area contributed by atoms with Crippen LogP contribution in [0.5, 0.6) is 5.75 Å². The summed E-state index contributed by atoms with van der Waals surface area (Å²) < 4.78 is 12.6. The van der Waals surface area contributed by atoms with Gasteiger partial charge in [-0.25, -0.2) is 4.39 Å². The average Bonchev–Trinajstić information content (AvgIpc) is 2.13. The number of carboxylic acid groups (broad SMARTS) is 1. The van der Waals surface area contributed by atoms with E-state index in [1.54, 1.807) is 0 Å². The van der Waals surface area contributed by atoms with Crippen molar-refractivity contribution in [2.45, 2.75) is 6.04 Å². The molecule has 1 atom stereocenters. The SMILES string of the molecule is N[C@H](C(=O)O)c1ccc(F)c(Br)c1O. The van der Waals surface area contributed by atoms with Crippen LogP contribution in [-0.2, 0) is 4.79 Å². The Kier molecular flexibility index (Phi) is 3.07. The Morgan fingerprint density at radius 1 is 1.57 bits per heavy atom. The second-order valence-electron chi connectivity index (χ2n) is 2.62. The predicted octanol–water partition coefficient (Wildman–Crippen LogP) is 1.38. The zero-order valence-corrected chi connectivity index (χ0v) is 8.45. The van der Waals surface area contributed by atoms with E-state index < -0.39 is 23.6 Å². The maximum absolute atomic E-state index is 12.8. The topological polar surface area (TPSA) is 83.6 Å². The van der Waals surface area contributed by atoms with E-state index in [2.05, 4.69) is 15.9 Å². The number of hydrogen-bond donors (Lipinski definition) is 3. The summed E-state index contributed by atoms with van der Waals surface area (Å²) in [6.07, 6.45) is 0. The first-order valence-electron chi connectivity index (χ1n) is 3.60. The van der Waals surface area contributed by atoms with E-state index >= 15 is 0 Å². The molecule has 0 aliphatic heterocycles. The molecule has 6 heteroatoms. The third-order valence-electron chi connectivity index (χ3n) is 1.70. The van der Waals surface area contributed by atoms with Crippen molar-refractivity contribution < 1.29 is 19.4 Å². The molecular weight excluding hydrogens is 257 g/mol. The first kappa shape index (κ1) is 10.9. The quantitative estimate of drug-likeness (QED) is 0.753. The Bertz CT molecular complexity index is 383. The van der Waals surface area contributed by atoms with Crippen molar-refractivity contribution in [2.75, 3.05) is 0 Å². The summed E-state index contributed by atoms with van der Waals surface area (Å²) in [5, 5.41) is 17.9. The van der Waals surface area contributed by atoms with Crippen molar-refractivity contribution >= 4 is 21.9 Å². The fourth-order valence-electron chi connectivity index (χ4n) is 0.939. The lowest BCUT2D eigenvalue weighted by Gasteiger charge is -2.10. The summed E-state index contributed by atoms with van der Waals surface area (Å²) in [5.41, 5.74) is 5.22. The van der Waals surface area contributed by atoms with Gasteiger partial charge in [-0.15, -0.1) is 0 Å². The second kappa shape index (κ2) is 3.93. The normalized spacial score (nSPS) is 12.5. The third kappa shape index (κ3) is 1.85. The molecule has 0 spiro atoms. The van der Waals surface area contributed by atoms with Gasteiger partial charge < -0.3 is 15.9 Å². The van der Waals surface area contributed by atoms with E-state index in [-0.39, 0.29) is 10.0 Å². The molecule has 0 saturated heterocycles. The maximum Gasteiger partial charge on any atom is 0.325 e. The van der Waals surface area contributed by atoms with Crippen LogP contribution < -0.4 is 5.73 Å². The Hall–Kier alpha value is -1.14. The van der Waals surface area contributed by atoms with Gasteiger partial charge in [-0.2, -0.15) is 0 Å². The number of carbonyl (C=O) groups is 1. The summed E-state index contributed by atoms with van der Waals surface area (Å²) >= 11 is 2.77. The van der Waals surface area contributed by atoms with Gasteiger partial charge in [0.25, 0.3) is 0 Å². The maximum atomic E-state index is 12.8. The van der Waals surface area contributed by atoms with Gasteiger partial charge in [0.1, 0.15) is 17.6 Å². The second-order valence-corrected chi connectivity index (χ2v) is 3.41. The van der Waals surface area contributed by atoms with Gasteiger partial charge in [-0.3, -0.25) is 4.79 Å². The molecule has 0 aliphatic rings. The van der Waals surface area contributed by atoms with Crippen LogP contribution in [0.1, 0.15) is 11.6 Å². The number of phenolic OH excluding ortho intramolecular Hbond substituents is 1. The zero-order valence-electron chi connectivity index (χ0n) is 6.87. The molecule has 4 nitrogen and oxygen atoms in total. The van der Waals surface area contributed by atoms with Crippen molar-refractivity contribution in [3.8, 4) is 5.75 Å². The molecule has 0 radical (unpaired) electrons. The van der Waals surface area contributed by atoms with Crippen molar-refractivity contribution in [3.63, 3.8) is 0 Å². The third-order valence-corrected chi connectivity index (χ3v) is 2.46. The molecule has 0 bridgehead atoms. The van der Waals surface area contributed by atoms with Crippen LogP contribution in [0.2, 0.25) is 0 Å². The smallest absolute Gasteiger partial charge is 0.325 e. The molecule has 1 aromatic rings. The van der Waals surface area contributed by atoms with Crippen LogP contribution in [-0.4, -0.2) is 16.2 Å². The molecular formula is C8H7BrFNO3. The molecule has 0 heterocycles. The molecule has 0 unspecified atom stereocenters. The van der Waals surface area contributed by atoms with Crippen LogP contribution >= 0.6 is 15.9 Å². The number of phenols is 1. The number of benzene rings is 1. The number of rotatable bonds is 2. The van der Waals surface area contributed by atoms with Gasteiger partial charge in [-0.05, 0) is 22.0 Å². The van der Waals surface area contributed by atoms with Crippen molar-refractivity contribution in [3.05, 3.63) is 28.0 Å². The van der Waals surface area contributed by atoms with Gasteiger partial charge in [0.2, 0.25) is 0 Å². The van der Waals surface area contributed by atoms with E-state index in [4.69, 9.17) is 10.8 Å². The molecule has 1 aromatic carbocycles. The summed E-state index contributed by atoms with van der Waals surface area (Å²) in [6.45, 7) is 0. The lowest BCUT2D eigenvalue weighted by molar-refractivity contribution is -0.138. The molecule has 0 aliphatic carbocycles. The van der Waals surface area contributed by atoms with E-state index in [1.807, 2.05) is 0 Å². The first-order chi connectivity index (χ1) is 6.45. The van der Waals surface area contributed by atoms with Crippen LogP contribution in [0, 0.1) is 5.82 Å². The number of halogens is 2. The highest BCUT2D eigenvalue weighted by atomic mass is 79.9. The van der Waals surface area contributed by atoms with E-state index in [0.29, 0.717) is 0 Å². The Morgan fingerprint density at radius 3 is 2.64 bits per heavy atom. The van der Waals surface area contributed by atoms with Crippen molar-refractivity contribution in [1.29, 1.82) is 0 Å². The van der Waals surface area contributed by atoms with E-state index in [0.717, 1.165) is 12.1 Å². The lowest BCUT2D eigenvalue weighted by atomic mass is 10.1. The largest absolute Gasteiger partial charge is 0.506 e. The summed E-state index contributed by atoms with van der Waals surface area (Å²) in [6, 6.07) is 0.794. The first-order valence-corrected chi connectivity index (χ1v) is 4.39. The van der Waals surface area contributed by atoms with Gasteiger partial charge >= 0.3 is 5.97 Å². The number of carboxylic acids is 1. The fraction of sp³-hybridized carbons (Fsp3) is 0.125. The minimum absolute atomic E-state index is 0.0363. The Balaban J connectivity index is 3.24. The van der Waals surface area contributed by atoms with Crippen LogP contribution in [0.15, 0.2) is 16.6 Å². The van der Waals surface area contributed by atoms with Gasteiger partial charge in [-0.1, -0.05) is 6.07 Å². The zero-order chi connectivity index (χ0) is 10.9. The fourth-order valence-corrected chi connectivity index (χ4v) is 1.30. The highest BCUT2D eigenvalue weighted by Gasteiger charge is 2.20. The number of aliphatic carboxylic acids is 1. The van der Waals surface area contributed by atoms with E-state index in [1.165, 1.54) is 0 Å². The Morgan fingerprint density at radius 2 is 2.14 bits per heavy atom. The monoisotopic (exact) mass is 263 g/mol. The highest BCUT2D eigenvalue weighted by Crippen LogP contribution is 2.33. The summed E-state index contributed by atoms with van der Waals surface area (Å²) in [5.74, 6) is -2.46. The molecule has 4 N–H and O–H groups in total. The van der Waals surface area contributed by atoms with Gasteiger partial charge in [0.15, 0.2) is 0 Å². The average molecular weight is 264 g/mol. The summed E-state index contributed by atoms with van der Waals surface area (Å²) in [7, 11) is 0. The highest BCUT2D eigenvalue weighted by molar-refractivity contribution is 9.10. The van der Waals surface area contributed by atoms with Gasteiger partial charge in [0.05, 0.1) is 4.47 Å². The Labute approximate surface area is 87.3 Å². The van der Waals surface area contributed by atoms with Gasteiger partial charge in [0, 0.05) is 5.56 Å². The molecule has 0 saturated carbocycles. The van der Waals surface area contributed by atoms with Crippen molar-refractivity contribution in [1.82, 2.24) is 0 Å². The molecule has 0 aromatic heterocycles. The number of hydrogen-bond acceptors (Lipinski definition) is 3. The molecule has 0 fully saturated rings. The summed E-state index contributed by atoms with van der Waals surface area (Å²) in [4.78, 5) is 10.5. The predicted molar refractivity (Wildman–Crippen MR) is 50.3 cm³/mol. The standard InChI is InChI=1S/C8H7BrFNO3/c9-5-4(10)2-1-3(7(5)12)6(11)8(13)14/h1-2,6,12H,11H2,(H,13,14)/t6-/m0/s1. The minimum Gasteiger partial charge on any atom is -0.506 e. The number of nitrogens with two attached hydrogens (primary N) is 1. The van der Waals surface area contributed by atoms with Crippen LogP contribution in [0.4, 0.5) is 4.39 Å². The van der Waals surface area contributed by atoms with Crippen LogP contribution in [0.25, 0.3) is 0 Å². The molecule has 76 valence electrons. The van der Waals surface area contributed by atoms with Crippen LogP contribution in [0.3, 0.4) is 0 Å².